The maximum Gasteiger partial charge on any atom is 0.272 e. The van der Waals surface area contributed by atoms with Crippen LogP contribution in [0.4, 0.5) is 5.69 Å². The van der Waals surface area contributed by atoms with Crippen molar-refractivity contribution in [2.24, 2.45) is 0 Å². The van der Waals surface area contributed by atoms with Crippen LogP contribution in [0.25, 0.3) is 0 Å². The number of nitro groups is 1. The van der Waals surface area contributed by atoms with E-state index >= 15 is 0 Å². The van der Waals surface area contributed by atoms with E-state index in [4.69, 9.17) is 0 Å². The minimum atomic E-state index is -0.318. The lowest BCUT2D eigenvalue weighted by atomic mass is 9.95. The largest absolute Gasteiger partial charge is 0.272 e. The van der Waals surface area contributed by atoms with E-state index in [2.05, 4.69) is 22.9 Å². The Morgan fingerprint density at radius 1 is 1.47 bits per heavy atom. The van der Waals surface area contributed by atoms with E-state index in [0.717, 1.165) is 12.0 Å². The van der Waals surface area contributed by atoms with Crippen LogP contribution in [0.2, 0.25) is 0 Å². The number of nitrogens with zero attached hydrogens (tertiary/aromatic N) is 1. The van der Waals surface area contributed by atoms with Crippen LogP contribution in [0.3, 0.4) is 0 Å². The second kappa shape index (κ2) is 5.26. The van der Waals surface area contributed by atoms with Gasteiger partial charge in [0.25, 0.3) is 5.69 Å². The molecule has 1 rings (SSSR count). The summed E-state index contributed by atoms with van der Waals surface area (Å²) in [5.74, 6) is 0.150. The topological polar surface area (TPSA) is 43.1 Å². The quantitative estimate of drug-likeness (QED) is 0.474. The number of rotatable bonds is 4. The van der Waals surface area contributed by atoms with Gasteiger partial charge in [-0.15, -0.1) is 0 Å². The molecular formula is C11H14BrNO2. The lowest BCUT2D eigenvalue weighted by molar-refractivity contribution is -0.385. The Bertz CT molecular complexity index is 354. The van der Waals surface area contributed by atoms with E-state index in [0.29, 0.717) is 0 Å². The van der Waals surface area contributed by atoms with Crippen LogP contribution in [-0.2, 0) is 0 Å². The molecule has 2 atom stereocenters. The molecular weight excluding hydrogens is 258 g/mol. The minimum absolute atomic E-state index is 0.150. The third kappa shape index (κ3) is 2.78. The van der Waals surface area contributed by atoms with Crippen LogP contribution in [0.15, 0.2) is 24.3 Å². The zero-order valence-corrected chi connectivity index (χ0v) is 10.4. The van der Waals surface area contributed by atoms with Gasteiger partial charge >= 0.3 is 0 Å². The smallest absolute Gasteiger partial charge is 0.258 e. The molecule has 82 valence electrons. The van der Waals surface area contributed by atoms with Crippen LogP contribution in [0, 0.1) is 10.1 Å². The highest BCUT2D eigenvalue weighted by Gasteiger charge is 2.22. The van der Waals surface area contributed by atoms with E-state index in [1.807, 2.05) is 19.1 Å². The molecule has 2 unspecified atom stereocenters. The molecule has 0 aromatic heterocycles. The SMILES string of the molecule is CCC(Br)C(C)c1ccccc1[N+](=O)[O-]. The summed E-state index contributed by atoms with van der Waals surface area (Å²) in [5, 5.41) is 10.8. The monoisotopic (exact) mass is 271 g/mol. The Kier molecular flexibility index (Phi) is 4.27. The number of halogens is 1. The van der Waals surface area contributed by atoms with Crippen LogP contribution in [-0.4, -0.2) is 9.75 Å². The van der Waals surface area contributed by atoms with Gasteiger partial charge in [-0.25, -0.2) is 0 Å². The molecule has 0 heterocycles. The Labute approximate surface area is 97.8 Å². The Morgan fingerprint density at radius 3 is 2.60 bits per heavy atom. The maximum atomic E-state index is 10.8. The van der Waals surface area contributed by atoms with Crippen molar-refractivity contribution in [2.45, 2.75) is 31.0 Å². The first-order valence-electron chi connectivity index (χ1n) is 4.95. The number of alkyl halides is 1. The third-order valence-corrected chi connectivity index (χ3v) is 4.00. The molecule has 0 saturated carbocycles. The van der Waals surface area contributed by atoms with Gasteiger partial charge in [0.05, 0.1) is 4.92 Å². The predicted octanol–water partition coefficient (Wildman–Crippen LogP) is 3.87. The molecule has 0 aliphatic rings. The fourth-order valence-electron chi connectivity index (χ4n) is 1.59. The van der Waals surface area contributed by atoms with Gasteiger partial charge in [-0.05, 0) is 6.42 Å². The van der Waals surface area contributed by atoms with Gasteiger partial charge in [-0.2, -0.15) is 0 Å². The fourth-order valence-corrected chi connectivity index (χ4v) is 1.87. The van der Waals surface area contributed by atoms with E-state index in [9.17, 15) is 10.1 Å². The Balaban J connectivity index is 3.07. The summed E-state index contributed by atoms with van der Waals surface area (Å²) in [6.45, 7) is 4.07. The summed E-state index contributed by atoms with van der Waals surface area (Å²) in [4.78, 5) is 10.8. The molecule has 0 fully saturated rings. The van der Waals surface area contributed by atoms with Gasteiger partial charge in [0.2, 0.25) is 0 Å². The van der Waals surface area contributed by atoms with Gasteiger partial charge in [0.1, 0.15) is 0 Å². The number of hydrogen-bond donors (Lipinski definition) is 0. The average Bonchev–Trinajstić information content (AvgIpc) is 2.27. The average molecular weight is 272 g/mol. The van der Waals surface area contributed by atoms with Crippen LogP contribution < -0.4 is 0 Å². The molecule has 15 heavy (non-hydrogen) atoms. The number of nitro benzene ring substituents is 1. The van der Waals surface area contributed by atoms with E-state index in [-0.39, 0.29) is 21.4 Å². The van der Waals surface area contributed by atoms with Crippen molar-refractivity contribution in [2.75, 3.05) is 0 Å². The summed E-state index contributed by atoms with van der Waals surface area (Å²) in [6, 6.07) is 6.92. The Morgan fingerprint density at radius 2 is 2.07 bits per heavy atom. The highest BCUT2D eigenvalue weighted by Crippen LogP contribution is 2.32. The van der Waals surface area contributed by atoms with Gasteiger partial charge in [-0.1, -0.05) is 48.0 Å². The zero-order chi connectivity index (χ0) is 11.4. The maximum absolute atomic E-state index is 10.8. The van der Waals surface area contributed by atoms with E-state index in [1.165, 1.54) is 0 Å². The van der Waals surface area contributed by atoms with Crippen molar-refractivity contribution < 1.29 is 4.92 Å². The molecule has 3 nitrogen and oxygen atoms in total. The molecule has 0 amide bonds. The van der Waals surface area contributed by atoms with Gasteiger partial charge in [0, 0.05) is 22.4 Å². The highest BCUT2D eigenvalue weighted by molar-refractivity contribution is 9.09. The standard InChI is InChI=1S/C11H14BrNO2/c1-3-10(12)8(2)9-6-4-5-7-11(9)13(14)15/h4-8,10H,3H2,1-2H3. The first-order chi connectivity index (χ1) is 7.07. The molecule has 0 radical (unpaired) electrons. The van der Waals surface area contributed by atoms with Crippen molar-refractivity contribution in [3.8, 4) is 0 Å². The molecule has 0 bridgehead atoms. The molecule has 0 saturated heterocycles. The highest BCUT2D eigenvalue weighted by atomic mass is 79.9. The van der Waals surface area contributed by atoms with Crippen molar-refractivity contribution in [3.63, 3.8) is 0 Å². The first kappa shape index (κ1) is 12.2. The van der Waals surface area contributed by atoms with Gasteiger partial charge < -0.3 is 0 Å². The van der Waals surface area contributed by atoms with Crippen LogP contribution in [0.5, 0.6) is 0 Å². The second-order valence-corrected chi connectivity index (χ2v) is 4.70. The Hall–Kier alpha value is -0.900. The predicted molar refractivity (Wildman–Crippen MR) is 64.5 cm³/mol. The molecule has 4 heteroatoms. The minimum Gasteiger partial charge on any atom is -0.258 e. The van der Waals surface area contributed by atoms with Gasteiger partial charge in [-0.3, -0.25) is 10.1 Å². The second-order valence-electron chi connectivity index (χ2n) is 3.53. The summed E-state index contributed by atoms with van der Waals surface area (Å²) in [6.07, 6.45) is 0.952. The van der Waals surface area contributed by atoms with Crippen molar-refractivity contribution in [1.82, 2.24) is 0 Å². The van der Waals surface area contributed by atoms with Crippen molar-refractivity contribution in [3.05, 3.63) is 39.9 Å². The van der Waals surface area contributed by atoms with E-state index < -0.39 is 0 Å². The zero-order valence-electron chi connectivity index (χ0n) is 8.81. The molecule has 0 aliphatic carbocycles. The van der Waals surface area contributed by atoms with Crippen LogP contribution >= 0.6 is 15.9 Å². The number of benzene rings is 1. The lowest BCUT2D eigenvalue weighted by Crippen LogP contribution is -2.09. The molecule has 1 aromatic carbocycles. The molecule has 1 aromatic rings. The van der Waals surface area contributed by atoms with Gasteiger partial charge in [0.15, 0.2) is 0 Å². The summed E-state index contributed by atoms with van der Waals surface area (Å²) >= 11 is 3.54. The summed E-state index contributed by atoms with van der Waals surface area (Å²) in [7, 11) is 0. The summed E-state index contributed by atoms with van der Waals surface area (Å²) < 4.78 is 0. The number of para-hydroxylation sites is 1. The molecule has 0 N–H and O–H groups in total. The van der Waals surface area contributed by atoms with E-state index in [1.54, 1.807) is 12.1 Å². The van der Waals surface area contributed by atoms with Crippen LogP contribution in [0.1, 0.15) is 31.7 Å². The summed E-state index contributed by atoms with van der Waals surface area (Å²) in [5.41, 5.74) is 1.01. The fraction of sp³-hybridized carbons (Fsp3) is 0.455. The third-order valence-electron chi connectivity index (χ3n) is 2.56. The van der Waals surface area contributed by atoms with Crippen molar-refractivity contribution >= 4 is 21.6 Å². The number of hydrogen-bond acceptors (Lipinski definition) is 2. The molecule has 0 spiro atoms. The van der Waals surface area contributed by atoms with Crippen molar-refractivity contribution in [1.29, 1.82) is 0 Å². The lowest BCUT2D eigenvalue weighted by Gasteiger charge is -2.16. The normalized spacial score (nSPS) is 14.6. The molecule has 0 aliphatic heterocycles. The first-order valence-corrected chi connectivity index (χ1v) is 5.86.